The van der Waals surface area contributed by atoms with E-state index in [2.05, 4.69) is 20.9 Å². The highest BCUT2D eigenvalue weighted by molar-refractivity contribution is 5.85. The van der Waals surface area contributed by atoms with E-state index >= 15 is 0 Å². The lowest BCUT2D eigenvalue weighted by Crippen LogP contribution is -2.45. The molecule has 1 aromatic heterocycles. The van der Waals surface area contributed by atoms with Gasteiger partial charge in [0.2, 0.25) is 0 Å². The number of carbonyl (C=O) groups is 1. The molecule has 2 aliphatic rings. The van der Waals surface area contributed by atoms with Crippen LogP contribution >= 0.6 is 0 Å². The van der Waals surface area contributed by atoms with E-state index in [1.54, 1.807) is 6.92 Å². The quantitative estimate of drug-likeness (QED) is 0.891. The number of benzene rings is 1. The lowest BCUT2D eigenvalue weighted by Gasteiger charge is -2.21. The van der Waals surface area contributed by atoms with Crippen LogP contribution in [0, 0.1) is 12.8 Å². The fourth-order valence-electron chi connectivity index (χ4n) is 3.36. The number of amides is 1. The molecule has 0 spiro atoms. The van der Waals surface area contributed by atoms with Gasteiger partial charge < -0.3 is 15.0 Å². The summed E-state index contributed by atoms with van der Waals surface area (Å²) in [5.74, 6) is 0.891. The Labute approximate surface area is 135 Å². The first kappa shape index (κ1) is 14.7. The van der Waals surface area contributed by atoms with Gasteiger partial charge in [0.05, 0.1) is 11.0 Å². The minimum atomic E-state index is -1.24. The summed E-state index contributed by atoms with van der Waals surface area (Å²) in [5, 5.41) is 13.1. The molecule has 2 fully saturated rings. The third-order valence-electron chi connectivity index (χ3n) is 5.13. The largest absolute Gasteiger partial charge is 0.380 e. The van der Waals surface area contributed by atoms with Gasteiger partial charge in [-0.05, 0) is 63.1 Å². The van der Waals surface area contributed by atoms with Crippen molar-refractivity contribution in [3.63, 3.8) is 0 Å². The Morgan fingerprint density at radius 1 is 1.39 bits per heavy atom. The highest BCUT2D eigenvalue weighted by atomic mass is 16.3. The summed E-state index contributed by atoms with van der Waals surface area (Å²) in [6, 6.07) is 6.77. The first-order chi connectivity index (χ1) is 11.0. The Hall–Kier alpha value is -1.88. The summed E-state index contributed by atoms with van der Waals surface area (Å²) in [4.78, 5) is 16.8. The molecular formula is C18H23N3O2. The van der Waals surface area contributed by atoms with Crippen molar-refractivity contribution in [2.24, 2.45) is 5.92 Å². The fourth-order valence-corrected chi connectivity index (χ4v) is 3.36. The molecule has 4 rings (SSSR count). The zero-order chi connectivity index (χ0) is 16.2. The van der Waals surface area contributed by atoms with Crippen LogP contribution in [0.2, 0.25) is 0 Å². The molecule has 1 unspecified atom stereocenters. The molecule has 0 radical (unpaired) electrons. The van der Waals surface area contributed by atoms with E-state index in [4.69, 9.17) is 0 Å². The standard InChI is InChI=1S/C18H23N3O2/c1-11-20-15-9-12(3-8-16(15)21(11)14-6-7-14)10-19-17(22)18(2,23)13-4-5-13/h3,8-9,13-14,23H,4-7,10H2,1-2H3,(H,19,22). The van der Waals surface area contributed by atoms with E-state index in [-0.39, 0.29) is 11.8 Å². The third-order valence-corrected chi connectivity index (χ3v) is 5.13. The minimum absolute atomic E-state index is 0.113. The summed E-state index contributed by atoms with van der Waals surface area (Å²) in [5.41, 5.74) is 1.92. The smallest absolute Gasteiger partial charge is 0.252 e. The average molecular weight is 313 g/mol. The molecule has 2 aromatic rings. The predicted octanol–water partition coefficient (Wildman–Crippen LogP) is 2.46. The Kier molecular flexibility index (Phi) is 3.23. The maximum atomic E-state index is 12.2. The second-order valence-electron chi connectivity index (χ2n) is 7.19. The van der Waals surface area contributed by atoms with Crippen LogP contribution in [0.4, 0.5) is 0 Å². The predicted molar refractivity (Wildman–Crippen MR) is 87.9 cm³/mol. The van der Waals surface area contributed by atoms with Crippen LogP contribution in [-0.2, 0) is 11.3 Å². The van der Waals surface area contributed by atoms with Crippen LogP contribution in [0.25, 0.3) is 11.0 Å². The average Bonchev–Trinajstić information content (AvgIpc) is 3.40. The maximum Gasteiger partial charge on any atom is 0.252 e. The molecule has 2 N–H and O–H groups in total. The highest BCUT2D eigenvalue weighted by Gasteiger charge is 2.45. The number of nitrogens with zero attached hydrogens (tertiary/aromatic N) is 2. The van der Waals surface area contributed by atoms with Crippen molar-refractivity contribution in [2.75, 3.05) is 0 Å². The second-order valence-corrected chi connectivity index (χ2v) is 7.19. The van der Waals surface area contributed by atoms with Gasteiger partial charge in [0.15, 0.2) is 0 Å². The molecule has 2 aliphatic carbocycles. The Morgan fingerprint density at radius 2 is 2.13 bits per heavy atom. The molecule has 1 heterocycles. The van der Waals surface area contributed by atoms with Crippen molar-refractivity contribution < 1.29 is 9.90 Å². The van der Waals surface area contributed by atoms with Crippen LogP contribution in [0.15, 0.2) is 18.2 Å². The molecule has 5 heteroatoms. The molecule has 122 valence electrons. The first-order valence-electron chi connectivity index (χ1n) is 8.45. The molecule has 1 amide bonds. The minimum Gasteiger partial charge on any atom is -0.380 e. The second kappa shape index (κ2) is 5.06. The van der Waals surface area contributed by atoms with Gasteiger partial charge in [0.25, 0.3) is 5.91 Å². The topological polar surface area (TPSA) is 67.2 Å². The van der Waals surface area contributed by atoms with Gasteiger partial charge in [0.1, 0.15) is 11.4 Å². The molecule has 1 aromatic carbocycles. The maximum absolute atomic E-state index is 12.2. The molecule has 0 aliphatic heterocycles. The van der Waals surface area contributed by atoms with Crippen LogP contribution in [0.1, 0.15) is 50.0 Å². The van der Waals surface area contributed by atoms with Crippen molar-refractivity contribution in [3.8, 4) is 0 Å². The summed E-state index contributed by atoms with van der Waals surface area (Å²) in [6.45, 7) is 4.09. The third kappa shape index (κ3) is 2.63. The molecule has 23 heavy (non-hydrogen) atoms. The van der Waals surface area contributed by atoms with Gasteiger partial charge in [-0.3, -0.25) is 4.79 Å². The van der Waals surface area contributed by atoms with E-state index in [0.29, 0.717) is 12.6 Å². The van der Waals surface area contributed by atoms with Crippen molar-refractivity contribution in [2.45, 2.75) is 57.7 Å². The number of carbonyl (C=O) groups excluding carboxylic acids is 1. The molecule has 5 nitrogen and oxygen atoms in total. The molecule has 2 saturated carbocycles. The van der Waals surface area contributed by atoms with Crippen LogP contribution in [-0.4, -0.2) is 26.2 Å². The Morgan fingerprint density at radius 3 is 2.78 bits per heavy atom. The summed E-state index contributed by atoms with van der Waals surface area (Å²) >= 11 is 0. The van der Waals surface area contributed by atoms with Gasteiger partial charge in [-0.15, -0.1) is 0 Å². The van der Waals surface area contributed by atoms with Gasteiger partial charge >= 0.3 is 0 Å². The summed E-state index contributed by atoms with van der Waals surface area (Å²) in [7, 11) is 0. The molecule has 0 saturated heterocycles. The van der Waals surface area contributed by atoms with Crippen molar-refractivity contribution in [1.29, 1.82) is 0 Å². The number of aliphatic hydroxyl groups is 1. The van der Waals surface area contributed by atoms with E-state index in [1.165, 1.54) is 18.4 Å². The normalized spacial score (nSPS) is 20.5. The number of rotatable bonds is 5. The van der Waals surface area contributed by atoms with Crippen molar-refractivity contribution >= 4 is 16.9 Å². The van der Waals surface area contributed by atoms with Gasteiger partial charge in [-0.1, -0.05) is 6.07 Å². The van der Waals surface area contributed by atoms with Gasteiger partial charge in [-0.2, -0.15) is 0 Å². The number of imidazole rings is 1. The van der Waals surface area contributed by atoms with E-state index in [9.17, 15) is 9.90 Å². The Bertz CT molecular complexity index is 770. The number of hydrogen-bond donors (Lipinski definition) is 2. The number of aryl methyl sites for hydroxylation is 1. The zero-order valence-electron chi connectivity index (χ0n) is 13.7. The zero-order valence-corrected chi connectivity index (χ0v) is 13.7. The van der Waals surface area contributed by atoms with Crippen molar-refractivity contribution in [3.05, 3.63) is 29.6 Å². The monoisotopic (exact) mass is 313 g/mol. The fraction of sp³-hybridized carbons (Fsp3) is 0.556. The van der Waals surface area contributed by atoms with E-state index < -0.39 is 5.60 Å². The van der Waals surface area contributed by atoms with Crippen LogP contribution in [0.5, 0.6) is 0 Å². The Balaban J connectivity index is 1.50. The first-order valence-corrected chi connectivity index (χ1v) is 8.45. The summed E-state index contributed by atoms with van der Waals surface area (Å²) < 4.78 is 2.32. The molecule has 0 bridgehead atoms. The van der Waals surface area contributed by atoms with Crippen molar-refractivity contribution in [1.82, 2.24) is 14.9 Å². The molecule has 1 atom stereocenters. The van der Waals surface area contributed by atoms with Crippen LogP contribution in [0.3, 0.4) is 0 Å². The van der Waals surface area contributed by atoms with Gasteiger partial charge in [0, 0.05) is 12.6 Å². The highest BCUT2D eigenvalue weighted by Crippen LogP contribution is 2.40. The number of fused-ring (bicyclic) bond motifs is 1. The van der Waals surface area contributed by atoms with E-state index in [1.807, 2.05) is 19.1 Å². The number of hydrogen-bond acceptors (Lipinski definition) is 3. The van der Waals surface area contributed by atoms with Crippen LogP contribution < -0.4 is 5.32 Å². The lowest BCUT2D eigenvalue weighted by atomic mass is 9.99. The van der Waals surface area contributed by atoms with Gasteiger partial charge in [-0.25, -0.2) is 4.98 Å². The SMILES string of the molecule is Cc1nc2cc(CNC(=O)C(C)(O)C3CC3)ccc2n1C1CC1. The molecular weight excluding hydrogens is 290 g/mol. The summed E-state index contributed by atoms with van der Waals surface area (Å²) in [6.07, 6.45) is 4.34. The number of nitrogens with one attached hydrogen (secondary N) is 1. The number of aromatic nitrogens is 2. The lowest BCUT2D eigenvalue weighted by molar-refractivity contribution is -0.140. The van der Waals surface area contributed by atoms with E-state index in [0.717, 1.165) is 29.7 Å².